The summed E-state index contributed by atoms with van der Waals surface area (Å²) < 4.78 is 0. The van der Waals surface area contributed by atoms with Crippen LogP contribution in [0.2, 0.25) is 0 Å². The Morgan fingerprint density at radius 1 is 1.22 bits per heavy atom. The van der Waals surface area contributed by atoms with Crippen LogP contribution in [-0.2, 0) is 0 Å². The highest BCUT2D eigenvalue weighted by Crippen LogP contribution is 2.28. The van der Waals surface area contributed by atoms with Gasteiger partial charge in [0, 0.05) is 18.6 Å². The first kappa shape index (κ1) is 13.7. The molecule has 0 heterocycles. The second-order valence-electron chi connectivity index (χ2n) is 5.72. The lowest BCUT2D eigenvalue weighted by atomic mass is 9.84. The predicted molar refractivity (Wildman–Crippen MR) is 71.4 cm³/mol. The lowest BCUT2D eigenvalue weighted by molar-refractivity contribution is 0.165. The molecule has 0 radical (unpaired) electrons. The molecule has 4 nitrogen and oxygen atoms in total. The Labute approximate surface area is 110 Å². The van der Waals surface area contributed by atoms with Gasteiger partial charge in [-0.1, -0.05) is 13.3 Å². The largest absolute Gasteiger partial charge is 0.395 e. The lowest BCUT2D eigenvalue weighted by Gasteiger charge is -2.31. The van der Waals surface area contributed by atoms with Crippen molar-refractivity contribution in [1.82, 2.24) is 10.2 Å². The number of nitrogens with zero attached hydrogens (tertiary/aromatic N) is 1. The number of urea groups is 1. The van der Waals surface area contributed by atoms with Gasteiger partial charge in [-0.15, -0.1) is 0 Å². The van der Waals surface area contributed by atoms with E-state index in [9.17, 15) is 4.79 Å². The van der Waals surface area contributed by atoms with Crippen LogP contribution in [0.5, 0.6) is 0 Å². The molecule has 0 aliphatic heterocycles. The lowest BCUT2D eigenvalue weighted by Crippen LogP contribution is -2.47. The number of hydrogen-bond acceptors (Lipinski definition) is 2. The summed E-state index contributed by atoms with van der Waals surface area (Å²) in [5, 5.41) is 12.2. The quantitative estimate of drug-likeness (QED) is 0.789. The summed E-state index contributed by atoms with van der Waals surface area (Å²) in [5.41, 5.74) is 0. The second-order valence-corrected chi connectivity index (χ2v) is 5.72. The van der Waals surface area contributed by atoms with Crippen molar-refractivity contribution >= 4 is 6.03 Å². The molecule has 0 aromatic rings. The van der Waals surface area contributed by atoms with E-state index in [0.717, 1.165) is 31.6 Å². The number of hydrogen-bond donors (Lipinski definition) is 2. The van der Waals surface area contributed by atoms with Crippen molar-refractivity contribution in [3.05, 3.63) is 0 Å². The molecule has 2 aliphatic carbocycles. The van der Waals surface area contributed by atoms with Crippen molar-refractivity contribution in [3.8, 4) is 0 Å². The van der Waals surface area contributed by atoms with Gasteiger partial charge in [0.05, 0.1) is 6.61 Å². The van der Waals surface area contributed by atoms with Crippen LogP contribution in [0.15, 0.2) is 0 Å². The maximum absolute atomic E-state index is 12.1. The summed E-state index contributed by atoms with van der Waals surface area (Å²) >= 11 is 0. The molecule has 4 heteroatoms. The van der Waals surface area contributed by atoms with Crippen LogP contribution in [0.25, 0.3) is 0 Å². The van der Waals surface area contributed by atoms with Gasteiger partial charge in [-0.2, -0.15) is 0 Å². The molecule has 2 aliphatic rings. The van der Waals surface area contributed by atoms with E-state index in [-0.39, 0.29) is 12.6 Å². The monoisotopic (exact) mass is 254 g/mol. The Morgan fingerprint density at radius 3 is 2.39 bits per heavy atom. The summed E-state index contributed by atoms with van der Waals surface area (Å²) in [6.07, 6.45) is 8.16. The average Bonchev–Trinajstić information content (AvgIpc) is 3.21. The third kappa shape index (κ3) is 3.61. The number of nitrogens with one attached hydrogen (secondary N) is 1. The Morgan fingerprint density at radius 2 is 1.89 bits per heavy atom. The van der Waals surface area contributed by atoms with Crippen molar-refractivity contribution in [2.45, 2.75) is 64.0 Å². The van der Waals surface area contributed by atoms with Crippen molar-refractivity contribution < 1.29 is 9.90 Å². The Bertz CT molecular complexity index is 271. The van der Waals surface area contributed by atoms with Crippen LogP contribution in [0.3, 0.4) is 0 Å². The molecule has 0 atom stereocenters. The van der Waals surface area contributed by atoms with Crippen LogP contribution >= 0.6 is 0 Å². The highest BCUT2D eigenvalue weighted by molar-refractivity contribution is 5.75. The average molecular weight is 254 g/mol. The molecule has 0 unspecified atom stereocenters. The molecular formula is C14H26N2O2. The van der Waals surface area contributed by atoms with Crippen molar-refractivity contribution in [3.63, 3.8) is 0 Å². The minimum Gasteiger partial charge on any atom is -0.395 e. The summed E-state index contributed by atoms with van der Waals surface area (Å²) in [6.45, 7) is 2.78. The first-order chi connectivity index (χ1) is 8.74. The van der Waals surface area contributed by atoms with Crippen LogP contribution in [0.1, 0.15) is 51.9 Å². The van der Waals surface area contributed by atoms with E-state index in [1.807, 2.05) is 4.90 Å². The number of rotatable bonds is 5. The van der Waals surface area contributed by atoms with Gasteiger partial charge < -0.3 is 15.3 Å². The number of aliphatic hydroxyl groups excluding tert-OH is 1. The van der Waals surface area contributed by atoms with Gasteiger partial charge in [-0.3, -0.25) is 0 Å². The molecule has 2 saturated carbocycles. The molecule has 2 rings (SSSR count). The molecular weight excluding hydrogens is 228 g/mol. The molecule has 0 aromatic carbocycles. The van der Waals surface area contributed by atoms with Crippen LogP contribution in [-0.4, -0.2) is 41.3 Å². The SMILES string of the molecule is CCC1CCC(NC(=O)N(CCO)C2CC2)CC1. The standard InChI is InChI=1S/C14H26N2O2/c1-2-11-3-5-12(6-4-11)15-14(18)16(9-10-17)13-7-8-13/h11-13,17H,2-10H2,1H3,(H,15,18). The van der Waals surface area contributed by atoms with Crippen molar-refractivity contribution in [2.75, 3.05) is 13.2 Å². The Hall–Kier alpha value is -0.770. The van der Waals surface area contributed by atoms with Gasteiger partial charge in [0.1, 0.15) is 0 Å². The smallest absolute Gasteiger partial charge is 0.317 e. The van der Waals surface area contributed by atoms with Crippen LogP contribution in [0, 0.1) is 5.92 Å². The number of aliphatic hydroxyl groups is 1. The molecule has 0 aromatic heterocycles. The van der Waals surface area contributed by atoms with Gasteiger partial charge in [-0.05, 0) is 44.4 Å². The van der Waals surface area contributed by atoms with E-state index in [1.54, 1.807) is 0 Å². The molecule has 0 saturated heterocycles. The van der Waals surface area contributed by atoms with E-state index in [1.165, 1.54) is 19.3 Å². The maximum atomic E-state index is 12.1. The number of carbonyl (C=O) groups excluding carboxylic acids is 1. The number of amides is 2. The van der Waals surface area contributed by atoms with Crippen molar-refractivity contribution in [1.29, 1.82) is 0 Å². The maximum Gasteiger partial charge on any atom is 0.317 e. The Balaban J connectivity index is 1.76. The van der Waals surface area contributed by atoms with E-state index in [2.05, 4.69) is 12.2 Å². The van der Waals surface area contributed by atoms with E-state index in [0.29, 0.717) is 18.6 Å². The highest BCUT2D eigenvalue weighted by Gasteiger charge is 2.33. The third-order valence-electron chi connectivity index (χ3n) is 4.34. The number of carbonyl (C=O) groups is 1. The second kappa shape index (κ2) is 6.41. The fraction of sp³-hybridized carbons (Fsp3) is 0.929. The molecule has 2 N–H and O–H groups in total. The molecule has 0 spiro atoms. The fourth-order valence-corrected chi connectivity index (χ4v) is 2.92. The topological polar surface area (TPSA) is 52.6 Å². The summed E-state index contributed by atoms with van der Waals surface area (Å²) in [7, 11) is 0. The summed E-state index contributed by atoms with van der Waals surface area (Å²) in [4.78, 5) is 13.9. The first-order valence-electron chi connectivity index (χ1n) is 7.42. The van der Waals surface area contributed by atoms with Gasteiger partial charge >= 0.3 is 6.03 Å². The normalized spacial score (nSPS) is 27.9. The Kier molecular flexibility index (Phi) is 4.87. The third-order valence-corrected chi connectivity index (χ3v) is 4.34. The first-order valence-corrected chi connectivity index (χ1v) is 7.42. The minimum atomic E-state index is 0.0338. The van der Waals surface area contributed by atoms with E-state index < -0.39 is 0 Å². The zero-order valence-corrected chi connectivity index (χ0v) is 11.4. The van der Waals surface area contributed by atoms with Gasteiger partial charge in [0.15, 0.2) is 0 Å². The van der Waals surface area contributed by atoms with Crippen LogP contribution < -0.4 is 5.32 Å². The minimum absolute atomic E-state index is 0.0338. The van der Waals surface area contributed by atoms with Crippen LogP contribution in [0.4, 0.5) is 4.79 Å². The molecule has 2 amide bonds. The predicted octanol–water partition coefficient (Wildman–Crippen LogP) is 2.12. The van der Waals surface area contributed by atoms with Gasteiger partial charge in [-0.25, -0.2) is 4.79 Å². The molecule has 0 bridgehead atoms. The molecule has 18 heavy (non-hydrogen) atoms. The van der Waals surface area contributed by atoms with E-state index >= 15 is 0 Å². The molecule has 104 valence electrons. The van der Waals surface area contributed by atoms with E-state index in [4.69, 9.17) is 5.11 Å². The highest BCUT2D eigenvalue weighted by atomic mass is 16.3. The molecule has 2 fully saturated rings. The fourth-order valence-electron chi connectivity index (χ4n) is 2.92. The van der Waals surface area contributed by atoms with Crippen molar-refractivity contribution in [2.24, 2.45) is 5.92 Å². The summed E-state index contributed by atoms with van der Waals surface area (Å²) in [5.74, 6) is 0.857. The zero-order valence-electron chi connectivity index (χ0n) is 11.4. The van der Waals surface area contributed by atoms with Gasteiger partial charge in [0.2, 0.25) is 0 Å². The zero-order chi connectivity index (χ0) is 13.0. The van der Waals surface area contributed by atoms with Gasteiger partial charge in [0.25, 0.3) is 0 Å². The summed E-state index contributed by atoms with van der Waals surface area (Å²) in [6, 6.07) is 0.760.